The molecule has 5 nitrogen and oxygen atoms in total. The lowest BCUT2D eigenvalue weighted by molar-refractivity contribution is -0.139. The molecule has 3 amide bonds. The molecule has 0 aromatic heterocycles. The summed E-state index contributed by atoms with van der Waals surface area (Å²) in [6.45, 7) is 2.13. The monoisotopic (exact) mass is 507 g/mol. The van der Waals surface area contributed by atoms with E-state index in [4.69, 9.17) is 34.8 Å². The minimum Gasteiger partial charge on any atom is -0.337 e. The number of nitrogens with zero attached hydrogens (tertiary/aromatic N) is 1. The van der Waals surface area contributed by atoms with E-state index >= 15 is 0 Å². The average Bonchev–Trinajstić information content (AvgIpc) is 2.71. The van der Waals surface area contributed by atoms with E-state index in [1.165, 1.54) is 37.4 Å². The van der Waals surface area contributed by atoms with E-state index in [1.54, 1.807) is 6.92 Å². The van der Waals surface area contributed by atoms with Crippen LogP contribution in [-0.2, 0) is 0 Å². The van der Waals surface area contributed by atoms with Crippen LogP contribution in [-0.4, -0.2) is 36.7 Å². The molecule has 0 radical (unpaired) electrons. The van der Waals surface area contributed by atoms with Crippen molar-refractivity contribution in [2.75, 3.05) is 13.6 Å². The molecule has 2 aromatic carbocycles. The Morgan fingerprint density at radius 2 is 1.66 bits per heavy atom. The van der Waals surface area contributed by atoms with Crippen molar-refractivity contribution in [1.82, 2.24) is 15.8 Å². The summed E-state index contributed by atoms with van der Waals surface area (Å²) in [7, 11) is 1.38. The minimum atomic E-state index is -4.60. The Labute approximate surface area is 198 Å². The van der Waals surface area contributed by atoms with E-state index < -0.39 is 24.0 Å². The summed E-state index contributed by atoms with van der Waals surface area (Å²) in [5, 5.41) is 3.34. The molecule has 2 rings (SSSR count). The Morgan fingerprint density at radius 3 is 2.16 bits per heavy atom. The zero-order valence-electron chi connectivity index (χ0n) is 16.9. The van der Waals surface area contributed by atoms with Gasteiger partial charge in [0.25, 0.3) is 5.91 Å². The smallest absolute Gasteiger partial charge is 0.337 e. The van der Waals surface area contributed by atoms with Crippen LogP contribution >= 0.6 is 34.8 Å². The van der Waals surface area contributed by atoms with Gasteiger partial charge in [-0.2, -0.15) is 13.2 Å². The van der Waals surface area contributed by atoms with Crippen LogP contribution in [0.15, 0.2) is 42.5 Å². The molecular weight excluding hydrogens is 490 g/mol. The first-order valence-electron chi connectivity index (χ1n) is 9.26. The van der Waals surface area contributed by atoms with Crippen molar-refractivity contribution >= 4 is 52.8 Å². The number of alkyl halides is 3. The SMILES string of the molecule is CCNC(=O)N(C)NC(=O)c1ccc(C=CC(c2cc(Cl)c(Cl)c(Cl)c2)C(F)(F)F)cc1. The van der Waals surface area contributed by atoms with Gasteiger partial charge in [-0.3, -0.25) is 10.2 Å². The molecule has 172 valence electrons. The first-order valence-corrected chi connectivity index (χ1v) is 10.4. The fourth-order valence-electron chi connectivity index (χ4n) is 2.65. The first-order chi connectivity index (χ1) is 14.9. The number of urea groups is 1. The number of nitrogens with one attached hydrogen (secondary N) is 2. The van der Waals surface area contributed by atoms with Crippen LogP contribution in [0, 0.1) is 0 Å². The van der Waals surface area contributed by atoms with Gasteiger partial charge in [0.15, 0.2) is 0 Å². The molecule has 0 heterocycles. The number of allylic oxidation sites excluding steroid dienone is 1. The molecule has 0 saturated carbocycles. The van der Waals surface area contributed by atoms with Crippen LogP contribution in [0.1, 0.15) is 34.3 Å². The average molecular weight is 509 g/mol. The second kappa shape index (κ2) is 10.9. The van der Waals surface area contributed by atoms with Crippen LogP contribution in [0.25, 0.3) is 6.08 Å². The Morgan fingerprint density at radius 1 is 1.09 bits per heavy atom. The number of rotatable bonds is 5. The first kappa shape index (κ1) is 25.8. The van der Waals surface area contributed by atoms with Crippen molar-refractivity contribution in [2.45, 2.75) is 19.0 Å². The number of hydrogen-bond donors (Lipinski definition) is 2. The highest BCUT2D eigenvalue weighted by Crippen LogP contribution is 2.41. The van der Waals surface area contributed by atoms with Crippen molar-refractivity contribution in [3.8, 4) is 0 Å². The summed E-state index contributed by atoms with van der Waals surface area (Å²) in [5.74, 6) is -2.52. The van der Waals surface area contributed by atoms with E-state index in [1.807, 2.05) is 0 Å². The normalized spacial score (nSPS) is 12.5. The highest BCUT2D eigenvalue weighted by molar-refractivity contribution is 6.48. The van der Waals surface area contributed by atoms with E-state index in [-0.39, 0.29) is 26.2 Å². The second-order valence-electron chi connectivity index (χ2n) is 6.63. The van der Waals surface area contributed by atoms with Crippen LogP contribution in [0.5, 0.6) is 0 Å². The number of hydrazine groups is 1. The molecule has 0 aliphatic rings. The van der Waals surface area contributed by atoms with Crippen molar-refractivity contribution in [3.05, 3.63) is 74.2 Å². The third-order valence-electron chi connectivity index (χ3n) is 4.27. The Bertz CT molecular complexity index is 989. The van der Waals surface area contributed by atoms with E-state index in [2.05, 4.69) is 10.7 Å². The molecule has 11 heteroatoms. The summed E-state index contributed by atoms with van der Waals surface area (Å²) >= 11 is 17.6. The topological polar surface area (TPSA) is 61.4 Å². The number of halogens is 6. The van der Waals surface area contributed by atoms with Gasteiger partial charge in [0.1, 0.15) is 0 Å². The molecule has 1 unspecified atom stereocenters. The van der Waals surface area contributed by atoms with Gasteiger partial charge in [-0.15, -0.1) is 0 Å². The van der Waals surface area contributed by atoms with Crippen molar-refractivity contribution in [1.29, 1.82) is 0 Å². The van der Waals surface area contributed by atoms with Crippen molar-refractivity contribution in [2.24, 2.45) is 0 Å². The number of amides is 3. The molecule has 32 heavy (non-hydrogen) atoms. The number of benzene rings is 2. The Balaban J connectivity index is 2.19. The highest BCUT2D eigenvalue weighted by Gasteiger charge is 2.39. The third-order valence-corrected chi connectivity index (χ3v) is 5.47. The predicted octanol–water partition coefficient (Wildman–Crippen LogP) is 6.31. The zero-order chi connectivity index (χ0) is 24.1. The van der Waals surface area contributed by atoms with Gasteiger partial charge < -0.3 is 5.32 Å². The van der Waals surface area contributed by atoms with Crippen molar-refractivity contribution < 1.29 is 22.8 Å². The van der Waals surface area contributed by atoms with Gasteiger partial charge in [-0.05, 0) is 42.3 Å². The molecule has 0 spiro atoms. The maximum Gasteiger partial charge on any atom is 0.399 e. The lowest BCUT2D eigenvalue weighted by Crippen LogP contribution is -2.48. The van der Waals surface area contributed by atoms with Gasteiger partial charge in [-0.1, -0.05) is 59.1 Å². The van der Waals surface area contributed by atoms with Crippen LogP contribution in [0.2, 0.25) is 15.1 Å². The third kappa shape index (κ3) is 6.79. The number of hydrogen-bond acceptors (Lipinski definition) is 2. The fraction of sp³-hybridized carbons (Fsp3) is 0.238. The van der Waals surface area contributed by atoms with Gasteiger partial charge in [0.05, 0.1) is 21.0 Å². The molecule has 0 bridgehead atoms. The quantitative estimate of drug-likeness (QED) is 0.367. The summed E-state index contributed by atoms with van der Waals surface area (Å²) < 4.78 is 40.9. The van der Waals surface area contributed by atoms with Crippen LogP contribution in [0.3, 0.4) is 0 Å². The van der Waals surface area contributed by atoms with E-state index in [0.717, 1.165) is 23.2 Å². The Kier molecular flexibility index (Phi) is 8.83. The maximum absolute atomic E-state index is 13.6. The fourth-order valence-corrected chi connectivity index (χ4v) is 3.27. The summed E-state index contributed by atoms with van der Waals surface area (Å²) in [6.07, 6.45) is -2.36. The molecule has 2 N–H and O–H groups in total. The van der Waals surface area contributed by atoms with Gasteiger partial charge in [-0.25, -0.2) is 9.80 Å². The summed E-state index contributed by atoms with van der Waals surface area (Å²) in [4.78, 5) is 23.9. The zero-order valence-corrected chi connectivity index (χ0v) is 19.2. The molecule has 2 aromatic rings. The highest BCUT2D eigenvalue weighted by atomic mass is 35.5. The van der Waals surface area contributed by atoms with Crippen LogP contribution in [0.4, 0.5) is 18.0 Å². The van der Waals surface area contributed by atoms with Gasteiger partial charge in [0, 0.05) is 19.2 Å². The largest absolute Gasteiger partial charge is 0.399 e. The van der Waals surface area contributed by atoms with E-state index in [9.17, 15) is 22.8 Å². The van der Waals surface area contributed by atoms with Crippen molar-refractivity contribution in [3.63, 3.8) is 0 Å². The second-order valence-corrected chi connectivity index (χ2v) is 7.83. The standard InChI is InChI=1S/C21H19Cl3F3N3O2/c1-3-28-20(32)30(2)29-19(31)13-7-4-12(5-8-13)6-9-15(21(25,26)27)14-10-16(22)18(24)17(23)11-14/h4-11,15H,3H2,1-2H3,(H,28,32)(H,29,31). The Hall–Kier alpha value is -2.42. The minimum absolute atomic E-state index is 0.0197. The summed E-state index contributed by atoms with van der Waals surface area (Å²) in [6, 6.07) is 7.58. The molecule has 0 aliphatic carbocycles. The predicted molar refractivity (Wildman–Crippen MR) is 120 cm³/mol. The lowest BCUT2D eigenvalue weighted by atomic mass is 9.97. The molecule has 0 fully saturated rings. The van der Waals surface area contributed by atoms with Gasteiger partial charge in [0.2, 0.25) is 0 Å². The number of carbonyl (C=O) groups is 2. The van der Waals surface area contributed by atoms with Gasteiger partial charge >= 0.3 is 12.2 Å². The van der Waals surface area contributed by atoms with E-state index in [0.29, 0.717) is 12.1 Å². The molecule has 1 atom stereocenters. The summed E-state index contributed by atoms with van der Waals surface area (Å²) in [5.41, 5.74) is 2.89. The molecule has 0 saturated heterocycles. The lowest BCUT2D eigenvalue weighted by Gasteiger charge is -2.19. The molecular formula is C21H19Cl3F3N3O2. The van der Waals surface area contributed by atoms with Crippen LogP contribution < -0.4 is 10.7 Å². The maximum atomic E-state index is 13.6. The molecule has 0 aliphatic heterocycles. The number of carbonyl (C=O) groups excluding carboxylic acids is 2.